The molecule has 1 aromatic heterocycles. The van der Waals surface area contributed by atoms with Gasteiger partial charge in [-0.25, -0.2) is 4.39 Å². The highest BCUT2D eigenvalue weighted by atomic mass is 19.1. The van der Waals surface area contributed by atoms with E-state index >= 15 is 0 Å². The number of benzene rings is 3. The van der Waals surface area contributed by atoms with E-state index < -0.39 is 12.1 Å². The lowest BCUT2D eigenvalue weighted by Gasteiger charge is -2.17. The van der Waals surface area contributed by atoms with Crippen LogP contribution < -0.4 is 14.2 Å². The zero-order chi connectivity index (χ0) is 24.1. The maximum Gasteiger partial charge on any atom is 0.304 e. The fraction of sp³-hybridized carbons (Fsp3) is 0.259. The number of nitrogens with zero attached hydrogens (tertiary/aromatic N) is 2. The second-order valence-electron chi connectivity index (χ2n) is 8.98. The molecule has 6 rings (SSSR count). The average Bonchev–Trinajstić information content (AvgIpc) is 3.54. The lowest BCUT2D eigenvalue weighted by atomic mass is 9.98. The summed E-state index contributed by atoms with van der Waals surface area (Å²) in [5.41, 5.74) is 3.12. The Kier molecular flexibility index (Phi) is 5.09. The Morgan fingerprint density at radius 3 is 2.91 bits per heavy atom. The van der Waals surface area contributed by atoms with E-state index in [-0.39, 0.29) is 18.2 Å². The number of aromatic nitrogens is 2. The third-order valence-electron chi connectivity index (χ3n) is 6.75. The molecule has 0 fully saturated rings. The van der Waals surface area contributed by atoms with Gasteiger partial charge in [-0.2, -0.15) is 5.10 Å². The summed E-state index contributed by atoms with van der Waals surface area (Å²) in [5.74, 6) is 1.10. The van der Waals surface area contributed by atoms with Crippen molar-refractivity contribution in [3.05, 3.63) is 77.2 Å². The van der Waals surface area contributed by atoms with Crippen molar-refractivity contribution >= 4 is 16.9 Å². The van der Waals surface area contributed by atoms with Gasteiger partial charge < -0.3 is 19.3 Å². The molecule has 2 aliphatic rings. The van der Waals surface area contributed by atoms with E-state index in [2.05, 4.69) is 5.10 Å². The van der Waals surface area contributed by atoms with E-state index in [1.807, 2.05) is 31.3 Å². The highest BCUT2D eigenvalue weighted by Crippen LogP contribution is 2.44. The van der Waals surface area contributed by atoms with Crippen LogP contribution in [0.25, 0.3) is 10.9 Å². The molecular formula is C27H23FN2O5. The number of halogens is 1. The number of aliphatic carboxylic acids is 1. The van der Waals surface area contributed by atoms with Crippen molar-refractivity contribution in [3.63, 3.8) is 0 Å². The molecule has 2 unspecified atom stereocenters. The first-order chi connectivity index (χ1) is 17.0. The molecule has 4 aromatic rings. The molecule has 1 aliphatic heterocycles. The number of rotatable bonds is 6. The first kappa shape index (κ1) is 21.5. The summed E-state index contributed by atoms with van der Waals surface area (Å²) in [6, 6.07) is 14.2. The second kappa shape index (κ2) is 8.30. The Hall–Kier alpha value is -4.07. The number of carboxylic acids is 1. The zero-order valence-electron chi connectivity index (χ0n) is 19.0. The normalized spacial score (nSPS) is 18.2. The zero-order valence-corrected chi connectivity index (χ0v) is 19.0. The van der Waals surface area contributed by atoms with Crippen molar-refractivity contribution < 1.29 is 28.5 Å². The van der Waals surface area contributed by atoms with Gasteiger partial charge in [-0.3, -0.25) is 9.48 Å². The van der Waals surface area contributed by atoms with Crippen LogP contribution in [0.1, 0.15) is 41.6 Å². The van der Waals surface area contributed by atoms with Crippen LogP contribution in [0.3, 0.4) is 0 Å². The highest BCUT2D eigenvalue weighted by Gasteiger charge is 2.32. The fourth-order valence-corrected chi connectivity index (χ4v) is 5.04. The molecule has 2 heterocycles. The predicted molar refractivity (Wildman–Crippen MR) is 126 cm³/mol. The number of fused-ring (bicyclic) bond motifs is 3. The molecule has 0 spiro atoms. The molecule has 178 valence electrons. The summed E-state index contributed by atoms with van der Waals surface area (Å²) in [5, 5.41) is 14.4. The summed E-state index contributed by atoms with van der Waals surface area (Å²) in [4.78, 5) is 11.1. The van der Waals surface area contributed by atoms with E-state index in [1.54, 1.807) is 29.1 Å². The van der Waals surface area contributed by atoms with Crippen molar-refractivity contribution in [3.8, 4) is 23.0 Å². The second-order valence-corrected chi connectivity index (χ2v) is 8.98. The molecular weight excluding hydrogens is 451 g/mol. The molecule has 2 atom stereocenters. The van der Waals surface area contributed by atoms with Gasteiger partial charge in [0.05, 0.1) is 24.7 Å². The molecule has 0 saturated heterocycles. The van der Waals surface area contributed by atoms with Crippen LogP contribution in [0.2, 0.25) is 0 Å². The Morgan fingerprint density at radius 2 is 2.06 bits per heavy atom. The third-order valence-corrected chi connectivity index (χ3v) is 6.75. The van der Waals surface area contributed by atoms with Gasteiger partial charge in [-0.15, -0.1) is 0 Å². The van der Waals surface area contributed by atoms with Crippen molar-refractivity contribution in [1.82, 2.24) is 9.78 Å². The van der Waals surface area contributed by atoms with E-state index in [1.165, 1.54) is 6.07 Å². The molecule has 1 aliphatic carbocycles. The number of hydrogen-bond donors (Lipinski definition) is 1. The number of hydrogen-bond acceptors (Lipinski definition) is 5. The average molecular weight is 474 g/mol. The minimum Gasteiger partial charge on any atom is -0.492 e. The van der Waals surface area contributed by atoms with Gasteiger partial charge in [0.25, 0.3) is 0 Å². The number of ether oxygens (including phenoxy) is 3. The summed E-state index contributed by atoms with van der Waals surface area (Å²) in [6.45, 7) is 0.331. The summed E-state index contributed by atoms with van der Waals surface area (Å²) < 4.78 is 34.8. The minimum atomic E-state index is -0.858. The van der Waals surface area contributed by atoms with E-state index in [0.717, 1.165) is 22.0 Å². The number of carboxylic acid groups (broad SMARTS) is 1. The van der Waals surface area contributed by atoms with Gasteiger partial charge in [-0.1, -0.05) is 6.07 Å². The molecule has 7 nitrogen and oxygen atoms in total. The van der Waals surface area contributed by atoms with Crippen molar-refractivity contribution in [2.24, 2.45) is 7.05 Å². The standard InChI is InChI=1S/C27H23FN2O5/c1-30-22-11-17(3-2-15(22)13-29-30)34-23-9-7-21(28)27-20(23)6-8-24(27)35-18-4-5-19-16(10-26(31)32)14-33-25(19)12-18/h2-5,7,9,11-13,16,24H,6,8,10,14H2,1H3,(H,31,32). The maximum absolute atomic E-state index is 14.9. The van der Waals surface area contributed by atoms with Gasteiger partial charge in [0.15, 0.2) is 0 Å². The van der Waals surface area contributed by atoms with Crippen LogP contribution in [-0.2, 0) is 18.3 Å². The van der Waals surface area contributed by atoms with Crippen LogP contribution in [0.15, 0.2) is 54.7 Å². The molecule has 1 N–H and O–H groups in total. The smallest absolute Gasteiger partial charge is 0.304 e. The summed E-state index contributed by atoms with van der Waals surface area (Å²) in [7, 11) is 1.87. The molecule has 0 saturated carbocycles. The maximum atomic E-state index is 14.9. The van der Waals surface area contributed by atoms with Crippen LogP contribution in [-0.4, -0.2) is 27.5 Å². The molecule has 3 aromatic carbocycles. The molecule has 35 heavy (non-hydrogen) atoms. The van der Waals surface area contributed by atoms with Gasteiger partial charge >= 0.3 is 5.97 Å². The Labute approximate surface area is 200 Å². The van der Waals surface area contributed by atoms with Gasteiger partial charge in [-0.05, 0) is 43.2 Å². The molecule has 8 heteroatoms. The van der Waals surface area contributed by atoms with Crippen LogP contribution in [0, 0.1) is 5.82 Å². The third kappa shape index (κ3) is 3.84. The predicted octanol–water partition coefficient (Wildman–Crippen LogP) is 5.52. The minimum absolute atomic E-state index is 0.0186. The largest absolute Gasteiger partial charge is 0.492 e. The lowest BCUT2D eigenvalue weighted by molar-refractivity contribution is -0.137. The number of aryl methyl sites for hydroxylation is 1. The van der Waals surface area contributed by atoms with E-state index in [4.69, 9.17) is 19.3 Å². The van der Waals surface area contributed by atoms with Crippen LogP contribution in [0.4, 0.5) is 4.39 Å². The van der Waals surface area contributed by atoms with Gasteiger partial charge in [0.2, 0.25) is 0 Å². The monoisotopic (exact) mass is 474 g/mol. The number of carbonyl (C=O) groups is 1. The van der Waals surface area contributed by atoms with E-state index in [0.29, 0.717) is 48.0 Å². The highest BCUT2D eigenvalue weighted by molar-refractivity contribution is 5.80. The fourth-order valence-electron chi connectivity index (χ4n) is 5.04. The van der Waals surface area contributed by atoms with Gasteiger partial charge in [0, 0.05) is 47.2 Å². The summed E-state index contributed by atoms with van der Waals surface area (Å²) >= 11 is 0. The van der Waals surface area contributed by atoms with E-state index in [9.17, 15) is 9.18 Å². The van der Waals surface area contributed by atoms with Gasteiger partial charge in [0.1, 0.15) is 34.9 Å². The Morgan fingerprint density at radius 1 is 1.20 bits per heavy atom. The first-order valence-corrected chi connectivity index (χ1v) is 11.5. The molecule has 0 bridgehead atoms. The Balaban J connectivity index is 1.25. The van der Waals surface area contributed by atoms with Crippen molar-refractivity contribution in [1.29, 1.82) is 0 Å². The van der Waals surface area contributed by atoms with Crippen molar-refractivity contribution in [2.45, 2.75) is 31.3 Å². The first-order valence-electron chi connectivity index (χ1n) is 11.5. The molecule has 0 amide bonds. The molecule has 0 radical (unpaired) electrons. The lowest BCUT2D eigenvalue weighted by Crippen LogP contribution is -2.07. The SMILES string of the molecule is Cn1ncc2ccc(Oc3ccc(F)c4c3CCC4Oc3ccc4c(c3)OCC4CC(=O)O)cc21. The van der Waals surface area contributed by atoms with Crippen LogP contribution in [0.5, 0.6) is 23.0 Å². The van der Waals surface area contributed by atoms with Crippen molar-refractivity contribution in [2.75, 3.05) is 6.61 Å². The Bertz CT molecular complexity index is 1460. The van der Waals surface area contributed by atoms with Crippen LogP contribution >= 0.6 is 0 Å². The quantitative estimate of drug-likeness (QED) is 0.396. The topological polar surface area (TPSA) is 82.8 Å². The summed E-state index contributed by atoms with van der Waals surface area (Å²) in [6.07, 6.45) is 2.61.